The fraction of sp³-hybridized carbons (Fsp3) is 0.562. The second-order valence-electron chi connectivity index (χ2n) is 5.74. The number of alkyl halides is 3. The van der Waals surface area contributed by atoms with Crippen LogP contribution in [0.15, 0.2) is 24.3 Å². The van der Waals surface area contributed by atoms with Crippen molar-refractivity contribution in [2.75, 3.05) is 26.2 Å². The average molecular weight is 328 g/mol. The summed E-state index contributed by atoms with van der Waals surface area (Å²) in [5, 5.41) is 18.6. The van der Waals surface area contributed by atoms with Gasteiger partial charge in [0.15, 0.2) is 0 Å². The predicted octanol–water partition coefficient (Wildman–Crippen LogP) is 2.57. The minimum absolute atomic E-state index is 0.000908. The van der Waals surface area contributed by atoms with Crippen molar-refractivity contribution in [3.8, 4) is 11.8 Å². The minimum Gasteiger partial charge on any atom is -0.491 e. The third-order valence-electron chi connectivity index (χ3n) is 3.86. The second kappa shape index (κ2) is 7.66. The maximum Gasteiger partial charge on any atom is 0.393 e. The van der Waals surface area contributed by atoms with Crippen LogP contribution in [0, 0.1) is 17.2 Å². The summed E-state index contributed by atoms with van der Waals surface area (Å²) >= 11 is 0. The fourth-order valence-corrected chi connectivity index (χ4v) is 2.66. The van der Waals surface area contributed by atoms with Crippen LogP contribution in [0.3, 0.4) is 0 Å². The van der Waals surface area contributed by atoms with Gasteiger partial charge in [-0.15, -0.1) is 0 Å². The SMILES string of the molecule is N#Cc1ccc(OC[C@H](O)CN2CCC[C@@H](C(F)(F)F)C2)cc1. The van der Waals surface area contributed by atoms with E-state index >= 15 is 0 Å². The number of halogens is 3. The number of benzene rings is 1. The van der Waals surface area contributed by atoms with Gasteiger partial charge in [0.05, 0.1) is 17.6 Å². The number of aliphatic hydroxyl groups is 1. The molecule has 0 amide bonds. The molecule has 0 bridgehead atoms. The number of aliphatic hydroxyl groups excluding tert-OH is 1. The Morgan fingerprint density at radius 1 is 1.35 bits per heavy atom. The number of likely N-dealkylation sites (tertiary alicyclic amines) is 1. The highest BCUT2D eigenvalue weighted by Crippen LogP contribution is 2.33. The van der Waals surface area contributed by atoms with Gasteiger partial charge in [-0.05, 0) is 43.7 Å². The quantitative estimate of drug-likeness (QED) is 0.903. The predicted molar refractivity (Wildman–Crippen MR) is 77.9 cm³/mol. The molecule has 1 saturated heterocycles. The Kier molecular flexibility index (Phi) is 5.85. The van der Waals surface area contributed by atoms with Crippen LogP contribution in [-0.2, 0) is 0 Å². The summed E-state index contributed by atoms with van der Waals surface area (Å²) in [5.74, 6) is -0.808. The molecule has 0 aromatic heterocycles. The van der Waals surface area contributed by atoms with Crippen molar-refractivity contribution in [3.63, 3.8) is 0 Å². The van der Waals surface area contributed by atoms with Crippen molar-refractivity contribution in [2.24, 2.45) is 5.92 Å². The maximum absolute atomic E-state index is 12.7. The Labute approximate surface area is 133 Å². The number of hydrogen-bond acceptors (Lipinski definition) is 4. The van der Waals surface area contributed by atoms with Crippen molar-refractivity contribution >= 4 is 0 Å². The summed E-state index contributed by atoms with van der Waals surface area (Å²) in [5.41, 5.74) is 0.504. The Balaban J connectivity index is 1.77. The summed E-state index contributed by atoms with van der Waals surface area (Å²) in [7, 11) is 0. The molecule has 1 aromatic carbocycles. The number of nitriles is 1. The normalized spacial score (nSPS) is 20.7. The average Bonchev–Trinajstić information content (AvgIpc) is 2.53. The second-order valence-corrected chi connectivity index (χ2v) is 5.74. The molecule has 1 N–H and O–H groups in total. The summed E-state index contributed by atoms with van der Waals surface area (Å²) < 4.78 is 43.6. The fourth-order valence-electron chi connectivity index (χ4n) is 2.66. The van der Waals surface area contributed by atoms with Crippen LogP contribution in [0.25, 0.3) is 0 Å². The number of piperidine rings is 1. The molecule has 1 aliphatic heterocycles. The summed E-state index contributed by atoms with van der Waals surface area (Å²) in [6.45, 7) is 0.639. The van der Waals surface area contributed by atoms with E-state index in [2.05, 4.69) is 0 Å². The largest absolute Gasteiger partial charge is 0.491 e. The van der Waals surface area contributed by atoms with Gasteiger partial charge in [-0.1, -0.05) is 0 Å². The molecule has 23 heavy (non-hydrogen) atoms. The van der Waals surface area contributed by atoms with Gasteiger partial charge in [0, 0.05) is 13.1 Å². The third-order valence-corrected chi connectivity index (χ3v) is 3.86. The van der Waals surface area contributed by atoms with Gasteiger partial charge < -0.3 is 14.7 Å². The van der Waals surface area contributed by atoms with Crippen LogP contribution in [-0.4, -0.2) is 48.5 Å². The number of rotatable bonds is 5. The van der Waals surface area contributed by atoms with E-state index in [4.69, 9.17) is 10.00 Å². The number of nitrogens with zero attached hydrogens (tertiary/aromatic N) is 2. The molecule has 2 atom stereocenters. The number of ether oxygens (including phenoxy) is 1. The van der Waals surface area contributed by atoms with Gasteiger partial charge in [-0.3, -0.25) is 0 Å². The first kappa shape index (κ1) is 17.6. The molecule has 0 saturated carbocycles. The molecule has 4 nitrogen and oxygen atoms in total. The van der Waals surface area contributed by atoms with Crippen LogP contribution in [0.1, 0.15) is 18.4 Å². The third kappa shape index (κ3) is 5.41. The van der Waals surface area contributed by atoms with Crippen molar-refractivity contribution in [1.29, 1.82) is 5.26 Å². The smallest absolute Gasteiger partial charge is 0.393 e. The zero-order valence-electron chi connectivity index (χ0n) is 12.6. The lowest BCUT2D eigenvalue weighted by Gasteiger charge is -2.34. The number of β-amino-alcohol motifs (C(OH)–C–C–N with tert-alkyl or cyclic N) is 1. The van der Waals surface area contributed by atoms with Crippen molar-refractivity contribution in [3.05, 3.63) is 29.8 Å². The van der Waals surface area contributed by atoms with Crippen LogP contribution in [0.2, 0.25) is 0 Å². The standard InChI is InChI=1S/C16H19F3N2O2/c17-16(18,19)13-2-1-7-21(9-13)10-14(22)11-23-15-5-3-12(8-20)4-6-15/h3-6,13-14,22H,1-2,7,9-11H2/t13-,14-/m1/s1. The van der Waals surface area contributed by atoms with E-state index < -0.39 is 18.2 Å². The van der Waals surface area contributed by atoms with Gasteiger partial charge in [0.25, 0.3) is 0 Å². The van der Waals surface area contributed by atoms with Gasteiger partial charge in [0.1, 0.15) is 18.5 Å². The first-order chi connectivity index (χ1) is 10.9. The zero-order valence-corrected chi connectivity index (χ0v) is 12.6. The molecule has 126 valence electrons. The van der Waals surface area contributed by atoms with Crippen molar-refractivity contribution in [2.45, 2.75) is 25.1 Å². The van der Waals surface area contributed by atoms with E-state index in [-0.39, 0.29) is 26.1 Å². The summed E-state index contributed by atoms with van der Waals surface area (Å²) in [4.78, 5) is 1.63. The van der Waals surface area contributed by atoms with Gasteiger partial charge in [0.2, 0.25) is 0 Å². The van der Waals surface area contributed by atoms with Crippen LogP contribution in [0.5, 0.6) is 5.75 Å². The molecular formula is C16H19F3N2O2. The number of hydrogen-bond donors (Lipinski definition) is 1. The molecule has 7 heteroatoms. The Bertz CT molecular complexity index is 540. The Hall–Kier alpha value is -1.78. The zero-order chi connectivity index (χ0) is 16.9. The first-order valence-electron chi connectivity index (χ1n) is 7.48. The van der Waals surface area contributed by atoms with Gasteiger partial charge in [-0.2, -0.15) is 18.4 Å². The molecule has 0 unspecified atom stereocenters. The monoisotopic (exact) mass is 328 g/mol. The van der Waals surface area contributed by atoms with Crippen molar-refractivity contribution < 1.29 is 23.0 Å². The highest BCUT2D eigenvalue weighted by Gasteiger charge is 2.41. The molecule has 0 aliphatic carbocycles. The molecule has 1 fully saturated rings. The highest BCUT2D eigenvalue weighted by molar-refractivity contribution is 5.34. The van der Waals surface area contributed by atoms with E-state index in [1.807, 2.05) is 6.07 Å². The van der Waals surface area contributed by atoms with E-state index in [1.165, 1.54) is 0 Å². The molecule has 2 rings (SSSR count). The van der Waals surface area contributed by atoms with Crippen LogP contribution in [0.4, 0.5) is 13.2 Å². The summed E-state index contributed by atoms with van der Waals surface area (Å²) in [6, 6.07) is 8.41. The maximum atomic E-state index is 12.7. The van der Waals surface area contributed by atoms with E-state index in [1.54, 1.807) is 29.2 Å². The topological polar surface area (TPSA) is 56.5 Å². The molecule has 0 radical (unpaired) electrons. The van der Waals surface area contributed by atoms with E-state index in [0.717, 1.165) is 0 Å². The Morgan fingerprint density at radius 2 is 2.04 bits per heavy atom. The molecule has 1 aromatic rings. The Morgan fingerprint density at radius 3 is 2.65 bits per heavy atom. The van der Waals surface area contributed by atoms with Crippen LogP contribution >= 0.6 is 0 Å². The van der Waals surface area contributed by atoms with Gasteiger partial charge >= 0.3 is 6.18 Å². The van der Waals surface area contributed by atoms with Crippen molar-refractivity contribution in [1.82, 2.24) is 4.90 Å². The van der Waals surface area contributed by atoms with Crippen LogP contribution < -0.4 is 4.74 Å². The molecule has 1 aliphatic rings. The highest BCUT2D eigenvalue weighted by atomic mass is 19.4. The molecule has 1 heterocycles. The molecule has 0 spiro atoms. The van der Waals surface area contributed by atoms with E-state index in [9.17, 15) is 18.3 Å². The van der Waals surface area contributed by atoms with E-state index in [0.29, 0.717) is 24.3 Å². The molecular weight excluding hydrogens is 309 g/mol. The lowest BCUT2D eigenvalue weighted by Crippen LogP contribution is -2.45. The minimum atomic E-state index is -4.18. The summed E-state index contributed by atoms with van der Waals surface area (Å²) in [6.07, 6.45) is -4.41. The first-order valence-corrected chi connectivity index (χ1v) is 7.48. The lowest BCUT2D eigenvalue weighted by atomic mass is 9.97. The van der Waals surface area contributed by atoms with Gasteiger partial charge in [-0.25, -0.2) is 0 Å². The lowest BCUT2D eigenvalue weighted by molar-refractivity contribution is -0.187.